The van der Waals surface area contributed by atoms with E-state index >= 15 is 0 Å². The van der Waals surface area contributed by atoms with Gasteiger partial charge < -0.3 is 11.1 Å². The molecule has 3 nitrogen and oxygen atoms in total. The summed E-state index contributed by atoms with van der Waals surface area (Å²) < 4.78 is 0. The Morgan fingerprint density at radius 3 is 2.75 bits per heavy atom. The summed E-state index contributed by atoms with van der Waals surface area (Å²) in [6.07, 6.45) is 8.42. The third-order valence-corrected chi connectivity index (χ3v) is 4.43. The van der Waals surface area contributed by atoms with Crippen LogP contribution in [0.3, 0.4) is 0 Å². The second-order valence-electron chi connectivity index (χ2n) is 6.45. The maximum Gasteiger partial charge on any atom is 0.126 e. The predicted molar refractivity (Wildman–Crippen MR) is 89.0 cm³/mol. The van der Waals surface area contributed by atoms with Crippen molar-refractivity contribution in [1.29, 1.82) is 0 Å². The van der Waals surface area contributed by atoms with E-state index in [2.05, 4.69) is 24.1 Å². The van der Waals surface area contributed by atoms with Gasteiger partial charge in [0.05, 0.1) is 0 Å². The van der Waals surface area contributed by atoms with Crippen LogP contribution in [-0.2, 0) is 0 Å². The van der Waals surface area contributed by atoms with Gasteiger partial charge in [-0.15, -0.1) is 0 Å². The molecule has 1 aliphatic rings. The number of nitrogens with zero attached hydrogens (tertiary/aromatic N) is 1. The predicted octanol–water partition coefficient (Wildman–Crippen LogP) is 3.73. The van der Waals surface area contributed by atoms with Gasteiger partial charge in [0.25, 0.3) is 0 Å². The lowest BCUT2D eigenvalue weighted by molar-refractivity contribution is 0.252. The number of nitrogens with two attached hydrogens (primary N) is 1. The Balaban J connectivity index is 2.02. The highest BCUT2D eigenvalue weighted by atomic mass is 32.1. The van der Waals surface area contributed by atoms with Crippen LogP contribution in [0.1, 0.15) is 51.5 Å². The van der Waals surface area contributed by atoms with Crippen LogP contribution in [0, 0.1) is 11.3 Å². The lowest BCUT2D eigenvalue weighted by Crippen LogP contribution is -2.28. The molecule has 1 fully saturated rings. The molecule has 0 amide bonds. The summed E-state index contributed by atoms with van der Waals surface area (Å²) >= 11 is 5.01. The van der Waals surface area contributed by atoms with Gasteiger partial charge in [-0.2, -0.15) is 0 Å². The van der Waals surface area contributed by atoms with Crippen molar-refractivity contribution in [3.63, 3.8) is 0 Å². The van der Waals surface area contributed by atoms with Gasteiger partial charge in [0.15, 0.2) is 0 Å². The number of pyridine rings is 1. The van der Waals surface area contributed by atoms with Gasteiger partial charge in [0.1, 0.15) is 10.8 Å². The highest BCUT2D eigenvalue weighted by Crippen LogP contribution is 2.43. The van der Waals surface area contributed by atoms with Crippen LogP contribution in [0.2, 0.25) is 0 Å². The molecule has 0 aromatic carbocycles. The SMILES string of the molecule is CC(C)CC1(CNc2cc(C(N)=S)ccn2)CCCC1. The summed E-state index contributed by atoms with van der Waals surface area (Å²) in [6, 6.07) is 3.80. The number of hydrogen-bond acceptors (Lipinski definition) is 3. The highest BCUT2D eigenvalue weighted by molar-refractivity contribution is 7.80. The molecule has 1 heterocycles. The molecule has 2 rings (SSSR count). The van der Waals surface area contributed by atoms with Crippen molar-refractivity contribution in [2.75, 3.05) is 11.9 Å². The monoisotopic (exact) mass is 291 g/mol. The van der Waals surface area contributed by atoms with Crippen LogP contribution >= 0.6 is 12.2 Å². The molecule has 0 spiro atoms. The first-order valence-corrected chi connectivity index (χ1v) is 7.91. The molecular weight excluding hydrogens is 266 g/mol. The Bertz CT molecular complexity index is 465. The summed E-state index contributed by atoms with van der Waals surface area (Å²) in [5.74, 6) is 1.62. The Labute approximate surface area is 127 Å². The minimum absolute atomic E-state index is 0.424. The zero-order valence-corrected chi connectivity index (χ0v) is 13.3. The summed E-state index contributed by atoms with van der Waals surface area (Å²) in [5.41, 5.74) is 6.98. The molecule has 1 aromatic heterocycles. The first-order valence-electron chi connectivity index (χ1n) is 7.50. The number of aromatic nitrogens is 1. The Morgan fingerprint density at radius 1 is 1.45 bits per heavy atom. The number of nitrogens with one attached hydrogen (secondary N) is 1. The van der Waals surface area contributed by atoms with E-state index in [0.29, 0.717) is 10.4 Å². The number of anilines is 1. The minimum Gasteiger partial charge on any atom is -0.389 e. The van der Waals surface area contributed by atoms with Gasteiger partial charge >= 0.3 is 0 Å². The lowest BCUT2D eigenvalue weighted by atomic mass is 9.78. The van der Waals surface area contributed by atoms with Crippen LogP contribution < -0.4 is 11.1 Å². The van der Waals surface area contributed by atoms with Crippen molar-refractivity contribution in [3.8, 4) is 0 Å². The fourth-order valence-electron chi connectivity index (χ4n) is 3.40. The summed E-state index contributed by atoms with van der Waals surface area (Å²) in [5, 5.41) is 3.50. The average Bonchev–Trinajstić information content (AvgIpc) is 2.85. The second kappa shape index (κ2) is 6.53. The molecule has 1 aromatic rings. The molecule has 0 radical (unpaired) electrons. The maximum absolute atomic E-state index is 5.67. The lowest BCUT2D eigenvalue weighted by Gasteiger charge is -2.31. The molecule has 110 valence electrons. The maximum atomic E-state index is 5.67. The largest absolute Gasteiger partial charge is 0.389 e. The van der Waals surface area contributed by atoms with E-state index in [1.165, 1.54) is 32.1 Å². The average molecular weight is 291 g/mol. The van der Waals surface area contributed by atoms with Crippen LogP contribution in [0.4, 0.5) is 5.82 Å². The molecule has 0 bridgehead atoms. The molecule has 0 aliphatic heterocycles. The zero-order chi connectivity index (χ0) is 14.6. The van der Waals surface area contributed by atoms with Crippen molar-refractivity contribution in [1.82, 2.24) is 4.98 Å². The van der Waals surface area contributed by atoms with Gasteiger partial charge in [-0.1, -0.05) is 38.9 Å². The third kappa shape index (κ3) is 3.92. The van der Waals surface area contributed by atoms with Gasteiger partial charge in [-0.3, -0.25) is 0 Å². The van der Waals surface area contributed by atoms with E-state index < -0.39 is 0 Å². The second-order valence-corrected chi connectivity index (χ2v) is 6.89. The van der Waals surface area contributed by atoms with Crippen molar-refractivity contribution in [2.24, 2.45) is 17.1 Å². The smallest absolute Gasteiger partial charge is 0.126 e. The molecule has 3 N–H and O–H groups in total. The summed E-state index contributed by atoms with van der Waals surface area (Å²) in [4.78, 5) is 4.79. The van der Waals surface area contributed by atoms with E-state index in [1.54, 1.807) is 6.20 Å². The Hall–Kier alpha value is -1.16. The van der Waals surface area contributed by atoms with Crippen molar-refractivity contribution < 1.29 is 0 Å². The van der Waals surface area contributed by atoms with Gasteiger partial charge in [0.2, 0.25) is 0 Å². The number of hydrogen-bond donors (Lipinski definition) is 2. The topological polar surface area (TPSA) is 50.9 Å². The molecule has 20 heavy (non-hydrogen) atoms. The summed E-state index contributed by atoms with van der Waals surface area (Å²) in [7, 11) is 0. The molecule has 1 aliphatic carbocycles. The highest BCUT2D eigenvalue weighted by Gasteiger charge is 2.34. The summed E-state index contributed by atoms with van der Waals surface area (Å²) in [6.45, 7) is 5.62. The van der Waals surface area contributed by atoms with E-state index in [1.807, 2.05) is 12.1 Å². The van der Waals surface area contributed by atoms with Gasteiger partial charge in [-0.05, 0) is 42.7 Å². The van der Waals surface area contributed by atoms with Crippen LogP contribution in [0.25, 0.3) is 0 Å². The Kier molecular flexibility index (Phi) is 4.97. The number of thiocarbonyl (C=S) groups is 1. The van der Waals surface area contributed by atoms with Crippen molar-refractivity contribution in [2.45, 2.75) is 46.0 Å². The number of rotatable bonds is 6. The van der Waals surface area contributed by atoms with Crippen LogP contribution in [-0.4, -0.2) is 16.5 Å². The van der Waals surface area contributed by atoms with Crippen molar-refractivity contribution >= 4 is 23.0 Å². The molecule has 1 saturated carbocycles. The molecule has 0 unspecified atom stereocenters. The fraction of sp³-hybridized carbons (Fsp3) is 0.625. The van der Waals surface area contributed by atoms with Crippen LogP contribution in [0.5, 0.6) is 0 Å². The fourth-order valence-corrected chi connectivity index (χ4v) is 3.53. The quantitative estimate of drug-likeness (QED) is 0.784. The molecular formula is C16H25N3S. The van der Waals surface area contributed by atoms with E-state index in [0.717, 1.165) is 23.8 Å². The van der Waals surface area contributed by atoms with Crippen molar-refractivity contribution in [3.05, 3.63) is 23.9 Å². The van der Waals surface area contributed by atoms with E-state index in [9.17, 15) is 0 Å². The van der Waals surface area contributed by atoms with Gasteiger partial charge in [-0.25, -0.2) is 4.98 Å². The molecule has 0 saturated heterocycles. The third-order valence-electron chi connectivity index (χ3n) is 4.19. The first kappa shape index (κ1) is 15.2. The first-order chi connectivity index (χ1) is 9.51. The van der Waals surface area contributed by atoms with Gasteiger partial charge in [0, 0.05) is 18.3 Å². The van der Waals surface area contributed by atoms with E-state index in [-0.39, 0.29) is 0 Å². The molecule has 0 atom stereocenters. The zero-order valence-electron chi connectivity index (χ0n) is 12.5. The standard InChI is InChI=1S/C16H25N3S/c1-12(2)10-16(6-3-4-7-16)11-19-14-9-13(15(17)20)5-8-18-14/h5,8-9,12H,3-4,6-7,10-11H2,1-2H3,(H2,17,20)(H,18,19). The normalized spacial score (nSPS) is 17.4. The van der Waals surface area contributed by atoms with Crippen LogP contribution in [0.15, 0.2) is 18.3 Å². The molecule has 4 heteroatoms. The van der Waals surface area contributed by atoms with E-state index in [4.69, 9.17) is 18.0 Å². The minimum atomic E-state index is 0.424. The Morgan fingerprint density at radius 2 is 2.15 bits per heavy atom.